The number of carbonyl (C=O) groups is 4. The number of nitrogens with two attached hydrogens (primary N) is 2. The van der Waals surface area contributed by atoms with E-state index in [0.717, 1.165) is 6.92 Å². The fourth-order valence-electron chi connectivity index (χ4n) is 5.39. The molecule has 5 aromatic heterocycles. The summed E-state index contributed by atoms with van der Waals surface area (Å²) in [5.41, 5.74) is 8.80. The molecule has 7 heterocycles. The van der Waals surface area contributed by atoms with Crippen LogP contribution in [0.25, 0.3) is 0 Å². The van der Waals surface area contributed by atoms with Gasteiger partial charge in [0.05, 0.1) is 0 Å². The predicted octanol–water partition coefficient (Wildman–Crippen LogP) is 4.25. The molecule has 0 bridgehead atoms. The van der Waals surface area contributed by atoms with Crippen molar-refractivity contribution in [1.29, 1.82) is 0 Å². The first kappa shape index (κ1) is 49.4. The van der Waals surface area contributed by atoms with Crippen LogP contribution in [0.5, 0.6) is 0 Å². The zero-order valence-electron chi connectivity index (χ0n) is 33.6. The average Bonchev–Trinajstić information content (AvgIpc) is 3.64. The van der Waals surface area contributed by atoms with E-state index in [1.165, 1.54) is 40.0 Å². The Balaban J connectivity index is 0.000000220. The van der Waals surface area contributed by atoms with Gasteiger partial charge in [-0.15, -0.1) is 0 Å². The van der Waals surface area contributed by atoms with Crippen LogP contribution in [-0.2, 0) is 16.1 Å². The maximum absolute atomic E-state index is 12.7. The van der Waals surface area contributed by atoms with Crippen molar-refractivity contribution in [3.63, 3.8) is 0 Å². The number of hydrogen-bond donors (Lipinski definition) is 6. The van der Waals surface area contributed by atoms with Gasteiger partial charge in [0.25, 0.3) is 34.4 Å². The smallest absolute Gasteiger partial charge is 0.384 e. The van der Waals surface area contributed by atoms with E-state index < -0.39 is 41.2 Å². The number of primary amides is 1. The van der Waals surface area contributed by atoms with Gasteiger partial charge in [-0.25, -0.2) is 19.9 Å². The van der Waals surface area contributed by atoms with Crippen molar-refractivity contribution in [1.82, 2.24) is 44.7 Å². The van der Waals surface area contributed by atoms with Crippen LogP contribution in [0.2, 0.25) is 10.0 Å². The number of ketones is 1. The van der Waals surface area contributed by atoms with Crippen molar-refractivity contribution in [3.8, 4) is 0 Å². The summed E-state index contributed by atoms with van der Waals surface area (Å²) in [6.07, 6.45) is 1.60. The number of nitrogens with one attached hydrogen (secondary N) is 4. The predicted molar refractivity (Wildman–Crippen MR) is 223 cm³/mol. The molecule has 0 radical (unpaired) electrons. The van der Waals surface area contributed by atoms with Crippen LogP contribution in [0.3, 0.4) is 0 Å². The molecule has 19 nitrogen and oxygen atoms in total. The molecule has 0 aromatic carbocycles. The number of fused-ring (bicyclic) bond motifs is 2. The molecule has 2 aliphatic heterocycles. The van der Waals surface area contributed by atoms with E-state index in [4.69, 9.17) is 34.7 Å². The summed E-state index contributed by atoms with van der Waals surface area (Å²) in [6, 6.07) is 12.2. The number of halogens is 5. The monoisotopic (exact) mass is 904 g/mol. The summed E-state index contributed by atoms with van der Waals surface area (Å²) in [5, 5.41) is 8.75. The summed E-state index contributed by atoms with van der Waals surface area (Å²) in [5.74, 6) is -0.956. The second-order valence-corrected chi connectivity index (χ2v) is 14.2. The summed E-state index contributed by atoms with van der Waals surface area (Å²) in [6.45, 7) is 8.37. The second kappa shape index (κ2) is 21.0. The minimum atomic E-state index is -4.33. The quantitative estimate of drug-likeness (QED) is 0.139. The van der Waals surface area contributed by atoms with Gasteiger partial charge in [0, 0.05) is 12.4 Å². The largest absolute Gasteiger partial charge is 0.395 e. The number of carbonyl (C=O) groups excluding carboxylic acids is 4. The molecule has 0 saturated heterocycles. The lowest BCUT2D eigenvalue weighted by Crippen LogP contribution is -2.44. The van der Waals surface area contributed by atoms with Gasteiger partial charge in [-0.05, 0) is 82.1 Å². The topological polar surface area (TPSA) is 285 Å². The average molecular weight is 906 g/mol. The van der Waals surface area contributed by atoms with Crippen LogP contribution in [0, 0.1) is 0 Å². The van der Waals surface area contributed by atoms with Crippen LogP contribution in [0.4, 0.5) is 30.5 Å². The first-order valence-electron chi connectivity index (χ1n) is 18.1. The Morgan fingerprint density at radius 3 is 1.69 bits per heavy atom. The number of pyridine rings is 3. The maximum Gasteiger partial charge on any atom is 0.395 e. The van der Waals surface area contributed by atoms with Crippen LogP contribution >= 0.6 is 23.2 Å². The summed E-state index contributed by atoms with van der Waals surface area (Å²) >= 11 is 11.1. The van der Waals surface area contributed by atoms with E-state index in [1.807, 2.05) is 20.8 Å². The number of amides is 3. The van der Waals surface area contributed by atoms with Crippen LogP contribution < -0.4 is 44.1 Å². The molecule has 2 unspecified atom stereocenters. The zero-order chi connectivity index (χ0) is 46.6. The highest BCUT2D eigenvalue weighted by atomic mass is 35.5. The SMILES string of the molecule is CC(=O)CC(F)(F)F.CCC1(C)NC(=O)c2ccc(Cl)c(=O)n21.CCC1(C)NC(=O)c2ccc(Nc3ccncn3)c(=O)n21.NC(=O)c1ccc(Cl)c(=O)[nH]1.Nc1ccncn1. The Labute approximate surface area is 360 Å². The van der Waals surface area contributed by atoms with E-state index >= 15 is 0 Å². The van der Waals surface area contributed by atoms with E-state index in [0.29, 0.717) is 41.6 Å². The lowest BCUT2D eigenvalue weighted by atomic mass is 10.1. The minimum absolute atomic E-state index is 0.0370. The Morgan fingerprint density at radius 1 is 0.774 bits per heavy atom. The zero-order valence-corrected chi connectivity index (χ0v) is 35.1. The van der Waals surface area contributed by atoms with Crippen molar-refractivity contribution in [2.45, 2.75) is 71.4 Å². The number of hydrogen-bond acceptors (Lipinski definition) is 13. The van der Waals surface area contributed by atoms with Crippen molar-refractivity contribution in [3.05, 3.63) is 132 Å². The number of alkyl halides is 3. The lowest BCUT2D eigenvalue weighted by molar-refractivity contribution is -0.150. The second-order valence-electron chi connectivity index (χ2n) is 13.4. The number of anilines is 3. The number of nitrogen functional groups attached to an aromatic ring is 1. The normalized spacial score (nSPS) is 16.7. The van der Waals surface area contributed by atoms with E-state index in [1.54, 1.807) is 49.6 Å². The number of rotatable bonds is 6. The molecule has 7 rings (SSSR count). The molecule has 0 spiro atoms. The molecule has 0 aliphatic carbocycles. The number of nitrogens with zero attached hydrogens (tertiary/aromatic N) is 6. The molecule has 2 aliphatic rings. The standard InChI is InChI=1S/C14H15N5O2.C10H11ClN2O2.C6H5ClN2O2.C4H5F3O.C4H5N3/c1-3-14(2)18-12(20)10-5-4-9(13(21)19(10)14)17-11-6-7-15-8-16-11;1-3-10(2)12-8(14)7-5-4-6(11)9(15)13(7)10;7-3-1-2-4(5(8)10)9-6(3)11;1-3(8)2-4(5,6)7;5-4-1-2-6-3-7-4/h4-8H,3H2,1-2H3,(H,18,20)(H,15,16,17);4-5H,3H2,1-2H3,(H,12,14);1-2H,(H2,8,10)(H,9,11);2H2,1H3;1-3H,(H2,5,6,7). The first-order valence-corrected chi connectivity index (χ1v) is 18.8. The van der Waals surface area contributed by atoms with Gasteiger partial charge in [0.1, 0.15) is 80.6 Å². The summed E-state index contributed by atoms with van der Waals surface area (Å²) < 4.78 is 36.2. The molecule has 5 aromatic rings. The van der Waals surface area contributed by atoms with Crippen molar-refractivity contribution in [2.75, 3.05) is 11.1 Å². The van der Waals surface area contributed by atoms with Gasteiger partial charge < -0.3 is 32.4 Å². The van der Waals surface area contributed by atoms with E-state index in [9.17, 15) is 46.7 Å². The molecule has 0 saturated carbocycles. The first-order chi connectivity index (χ1) is 29.0. The minimum Gasteiger partial charge on any atom is -0.384 e. The molecule has 8 N–H and O–H groups in total. The summed E-state index contributed by atoms with van der Waals surface area (Å²) in [4.78, 5) is 96.3. The van der Waals surface area contributed by atoms with Crippen LogP contribution in [-0.4, -0.2) is 63.7 Å². The fraction of sp³-hybridized carbons (Fsp3) is 0.289. The molecule has 62 heavy (non-hydrogen) atoms. The number of Topliss-reactive ketones (excluding diaryl/α,β-unsaturated/α-hetero) is 1. The third kappa shape index (κ3) is 13.0. The maximum atomic E-state index is 12.7. The van der Waals surface area contributed by atoms with Crippen molar-refractivity contribution in [2.24, 2.45) is 5.73 Å². The highest BCUT2D eigenvalue weighted by Crippen LogP contribution is 2.26. The third-order valence-electron chi connectivity index (χ3n) is 8.74. The Bertz CT molecular complexity index is 2590. The number of aromatic amines is 1. The molecule has 24 heteroatoms. The van der Waals surface area contributed by atoms with Gasteiger partial charge in [-0.2, -0.15) is 13.2 Å². The van der Waals surface area contributed by atoms with Gasteiger partial charge in [-0.3, -0.25) is 42.7 Å². The molecular formula is C38H41Cl2F3N12O7. The molecular weight excluding hydrogens is 864 g/mol. The van der Waals surface area contributed by atoms with Crippen LogP contribution in [0.1, 0.15) is 85.3 Å². The molecule has 2 atom stereocenters. The number of H-pyrrole nitrogens is 1. The van der Waals surface area contributed by atoms with Gasteiger partial charge in [0.2, 0.25) is 0 Å². The highest BCUT2D eigenvalue weighted by Gasteiger charge is 2.39. The highest BCUT2D eigenvalue weighted by molar-refractivity contribution is 6.30. The van der Waals surface area contributed by atoms with Crippen molar-refractivity contribution < 1.29 is 32.3 Å². The van der Waals surface area contributed by atoms with Gasteiger partial charge >= 0.3 is 6.18 Å². The van der Waals surface area contributed by atoms with E-state index in [2.05, 4.69) is 40.9 Å². The third-order valence-corrected chi connectivity index (χ3v) is 9.32. The Morgan fingerprint density at radius 2 is 1.29 bits per heavy atom. The molecule has 3 amide bonds. The molecule has 0 fully saturated rings. The summed E-state index contributed by atoms with van der Waals surface area (Å²) in [7, 11) is 0. The number of aromatic nitrogens is 7. The lowest BCUT2D eigenvalue weighted by Gasteiger charge is -2.25. The van der Waals surface area contributed by atoms with Gasteiger partial charge in [-0.1, -0.05) is 37.0 Å². The van der Waals surface area contributed by atoms with Crippen molar-refractivity contribution >= 4 is 64.0 Å². The Hall–Kier alpha value is -6.94. The molecule has 330 valence electrons. The Kier molecular flexibility index (Phi) is 16.8. The van der Waals surface area contributed by atoms with Crippen LogP contribution in [0.15, 0.2) is 88.0 Å². The van der Waals surface area contributed by atoms with E-state index in [-0.39, 0.29) is 38.7 Å². The van der Waals surface area contributed by atoms with Gasteiger partial charge in [0.15, 0.2) is 0 Å². The fourth-order valence-corrected chi connectivity index (χ4v) is 5.65.